The molecule has 1 N–H and O–H groups in total. The van der Waals surface area contributed by atoms with Crippen LogP contribution in [0.3, 0.4) is 0 Å². The summed E-state index contributed by atoms with van der Waals surface area (Å²) in [4.78, 5) is 35.8. The van der Waals surface area contributed by atoms with Crippen LogP contribution in [0.5, 0.6) is 0 Å². The molecule has 1 aromatic rings. The van der Waals surface area contributed by atoms with Crippen LogP contribution in [0.1, 0.15) is 18.9 Å². The standard InChI is InChI=1S/C14H15NO4S/c1-9(16)20-7-6-13(17)15-11-5-3-2-4-10(11)8-12(15)14(18)19/h2-5,12H,6-8H2,1H3,(H,18,19). The van der Waals surface area contributed by atoms with Crippen molar-refractivity contribution in [1.82, 2.24) is 0 Å². The number of carbonyl (C=O) groups excluding carboxylic acids is 2. The Morgan fingerprint density at radius 2 is 2.05 bits per heavy atom. The Bertz CT molecular complexity index is 558. The maximum atomic E-state index is 12.2. The fourth-order valence-electron chi connectivity index (χ4n) is 2.29. The number of fused-ring (bicyclic) bond motifs is 1. The number of hydrogen-bond acceptors (Lipinski definition) is 4. The second-order valence-electron chi connectivity index (χ2n) is 4.54. The van der Waals surface area contributed by atoms with Gasteiger partial charge < -0.3 is 5.11 Å². The molecule has 20 heavy (non-hydrogen) atoms. The molecule has 0 spiro atoms. The second kappa shape index (κ2) is 6.09. The number of anilines is 1. The van der Waals surface area contributed by atoms with Gasteiger partial charge in [-0.25, -0.2) is 4.79 Å². The van der Waals surface area contributed by atoms with Crippen LogP contribution in [0.4, 0.5) is 5.69 Å². The number of rotatable bonds is 4. The molecule has 5 nitrogen and oxygen atoms in total. The largest absolute Gasteiger partial charge is 0.480 e. The highest BCUT2D eigenvalue weighted by molar-refractivity contribution is 8.13. The SMILES string of the molecule is CC(=O)SCCC(=O)N1c2ccccc2CC1C(=O)O. The van der Waals surface area contributed by atoms with Crippen molar-refractivity contribution < 1.29 is 19.5 Å². The van der Waals surface area contributed by atoms with Gasteiger partial charge in [0.25, 0.3) is 0 Å². The van der Waals surface area contributed by atoms with Crippen LogP contribution in [0, 0.1) is 0 Å². The molecule has 0 bridgehead atoms. The Morgan fingerprint density at radius 1 is 1.35 bits per heavy atom. The van der Waals surface area contributed by atoms with Gasteiger partial charge in [-0.05, 0) is 11.6 Å². The number of benzene rings is 1. The molecule has 0 saturated carbocycles. The normalized spacial score (nSPS) is 16.9. The summed E-state index contributed by atoms with van der Waals surface area (Å²) >= 11 is 1.08. The van der Waals surface area contributed by atoms with E-state index in [9.17, 15) is 19.5 Å². The summed E-state index contributed by atoms with van der Waals surface area (Å²) in [5, 5.41) is 9.22. The first kappa shape index (κ1) is 14.6. The van der Waals surface area contributed by atoms with Gasteiger partial charge in [0.05, 0.1) is 0 Å². The number of carboxylic acid groups (broad SMARTS) is 1. The minimum atomic E-state index is -1.01. The van der Waals surface area contributed by atoms with Crippen LogP contribution >= 0.6 is 11.8 Å². The van der Waals surface area contributed by atoms with Crippen molar-refractivity contribution in [3.05, 3.63) is 29.8 Å². The van der Waals surface area contributed by atoms with Crippen molar-refractivity contribution in [3.63, 3.8) is 0 Å². The lowest BCUT2D eigenvalue weighted by Gasteiger charge is -2.22. The number of thioether (sulfide) groups is 1. The van der Waals surface area contributed by atoms with E-state index in [1.165, 1.54) is 11.8 Å². The third-order valence-corrected chi connectivity index (χ3v) is 3.97. The Kier molecular flexibility index (Phi) is 4.44. The molecular formula is C14H15NO4S. The predicted octanol–water partition coefficient (Wildman–Crippen LogP) is 1.70. The van der Waals surface area contributed by atoms with Gasteiger partial charge in [-0.1, -0.05) is 30.0 Å². The fraction of sp³-hybridized carbons (Fsp3) is 0.357. The number of carbonyl (C=O) groups is 3. The predicted molar refractivity (Wildman–Crippen MR) is 76.8 cm³/mol. The van der Waals surface area contributed by atoms with Gasteiger partial charge in [-0.2, -0.15) is 0 Å². The molecule has 1 amide bonds. The molecule has 106 valence electrons. The van der Waals surface area contributed by atoms with Gasteiger partial charge in [0.15, 0.2) is 5.12 Å². The van der Waals surface area contributed by atoms with E-state index in [0.717, 1.165) is 17.3 Å². The fourth-order valence-corrected chi connectivity index (χ4v) is 2.86. The zero-order valence-electron chi connectivity index (χ0n) is 11.0. The number of amides is 1. The third kappa shape index (κ3) is 3.01. The van der Waals surface area contributed by atoms with E-state index in [2.05, 4.69) is 0 Å². The van der Waals surface area contributed by atoms with Crippen LogP contribution < -0.4 is 4.90 Å². The first-order chi connectivity index (χ1) is 9.50. The summed E-state index contributed by atoms with van der Waals surface area (Å²) in [7, 11) is 0. The molecule has 0 aliphatic carbocycles. The smallest absolute Gasteiger partial charge is 0.327 e. The first-order valence-electron chi connectivity index (χ1n) is 6.27. The summed E-state index contributed by atoms with van der Waals surface area (Å²) in [6, 6.07) is 6.37. The van der Waals surface area contributed by atoms with Crippen LogP contribution in [-0.4, -0.2) is 33.9 Å². The van der Waals surface area contributed by atoms with Crippen molar-refractivity contribution in [2.24, 2.45) is 0 Å². The van der Waals surface area contributed by atoms with E-state index in [0.29, 0.717) is 17.9 Å². The highest BCUT2D eigenvalue weighted by atomic mass is 32.2. The Hall–Kier alpha value is -1.82. The van der Waals surface area contributed by atoms with Crippen LogP contribution in [0.15, 0.2) is 24.3 Å². The average molecular weight is 293 g/mol. The minimum absolute atomic E-state index is 0.0468. The van der Waals surface area contributed by atoms with Gasteiger partial charge >= 0.3 is 5.97 Å². The second-order valence-corrected chi connectivity index (χ2v) is 5.81. The third-order valence-electron chi connectivity index (χ3n) is 3.15. The number of hydrogen-bond donors (Lipinski definition) is 1. The molecular weight excluding hydrogens is 278 g/mol. The Morgan fingerprint density at radius 3 is 2.70 bits per heavy atom. The number of aliphatic carboxylic acids is 1. The Balaban J connectivity index is 2.16. The van der Waals surface area contributed by atoms with Crippen LogP contribution in [-0.2, 0) is 20.8 Å². The van der Waals surface area contributed by atoms with Gasteiger partial charge in [0.2, 0.25) is 5.91 Å². The van der Waals surface area contributed by atoms with Gasteiger partial charge in [0, 0.05) is 31.2 Å². The minimum Gasteiger partial charge on any atom is -0.480 e. The van der Waals surface area contributed by atoms with Crippen molar-refractivity contribution in [2.75, 3.05) is 10.7 Å². The summed E-state index contributed by atoms with van der Waals surface area (Å²) < 4.78 is 0. The van der Waals surface area contributed by atoms with Crippen molar-refractivity contribution in [1.29, 1.82) is 0 Å². The van der Waals surface area contributed by atoms with Crippen LogP contribution in [0.25, 0.3) is 0 Å². The quantitative estimate of drug-likeness (QED) is 0.914. The molecule has 1 unspecified atom stereocenters. The lowest BCUT2D eigenvalue weighted by molar-refractivity contribution is -0.139. The highest BCUT2D eigenvalue weighted by Crippen LogP contribution is 2.32. The average Bonchev–Trinajstić information content (AvgIpc) is 2.77. The van der Waals surface area contributed by atoms with E-state index in [-0.39, 0.29) is 17.4 Å². The van der Waals surface area contributed by atoms with E-state index in [1.807, 2.05) is 12.1 Å². The maximum Gasteiger partial charge on any atom is 0.327 e. The highest BCUT2D eigenvalue weighted by Gasteiger charge is 2.37. The van der Waals surface area contributed by atoms with Crippen molar-refractivity contribution >= 4 is 34.4 Å². The lowest BCUT2D eigenvalue weighted by Crippen LogP contribution is -2.43. The maximum absolute atomic E-state index is 12.2. The number of nitrogens with zero attached hydrogens (tertiary/aromatic N) is 1. The Labute approximate surface area is 121 Å². The molecule has 6 heteroatoms. The van der Waals surface area contributed by atoms with Crippen molar-refractivity contribution in [2.45, 2.75) is 25.8 Å². The molecule has 1 aliphatic heterocycles. The van der Waals surface area contributed by atoms with Crippen molar-refractivity contribution in [3.8, 4) is 0 Å². The van der Waals surface area contributed by atoms with Gasteiger partial charge in [-0.3, -0.25) is 14.5 Å². The van der Waals surface area contributed by atoms with Gasteiger partial charge in [-0.15, -0.1) is 0 Å². The van der Waals surface area contributed by atoms with E-state index >= 15 is 0 Å². The molecule has 1 heterocycles. The van der Waals surface area contributed by atoms with Gasteiger partial charge in [0.1, 0.15) is 6.04 Å². The summed E-state index contributed by atoms with van der Waals surface area (Å²) in [6.07, 6.45) is 0.486. The van der Waals surface area contributed by atoms with E-state index in [1.54, 1.807) is 12.1 Å². The lowest BCUT2D eigenvalue weighted by atomic mass is 10.1. The summed E-state index contributed by atoms with van der Waals surface area (Å²) in [6.45, 7) is 1.44. The summed E-state index contributed by atoms with van der Waals surface area (Å²) in [5.41, 5.74) is 1.53. The van der Waals surface area contributed by atoms with Crippen LogP contribution in [0.2, 0.25) is 0 Å². The molecule has 1 atom stereocenters. The monoisotopic (exact) mass is 293 g/mol. The zero-order valence-corrected chi connectivity index (χ0v) is 11.9. The molecule has 1 aromatic carbocycles. The molecule has 0 fully saturated rings. The zero-order chi connectivity index (χ0) is 14.7. The molecule has 0 aromatic heterocycles. The van der Waals surface area contributed by atoms with E-state index in [4.69, 9.17) is 0 Å². The number of carboxylic acids is 1. The molecule has 2 rings (SSSR count). The topological polar surface area (TPSA) is 74.7 Å². The molecule has 1 aliphatic rings. The molecule has 0 radical (unpaired) electrons. The molecule has 0 saturated heterocycles. The van der Waals surface area contributed by atoms with E-state index < -0.39 is 12.0 Å². The first-order valence-corrected chi connectivity index (χ1v) is 7.25. The summed E-state index contributed by atoms with van der Waals surface area (Å²) in [5.74, 6) is -0.885. The number of para-hydroxylation sites is 1.